The number of methoxy groups -OCH3 is 1. The Morgan fingerprint density at radius 2 is 2.10 bits per heavy atom. The summed E-state index contributed by atoms with van der Waals surface area (Å²) in [5.74, 6) is 3.27. The molecule has 0 aliphatic heterocycles. The molecule has 0 heterocycles. The van der Waals surface area contributed by atoms with Crippen LogP contribution in [0.5, 0.6) is 0 Å². The van der Waals surface area contributed by atoms with E-state index in [9.17, 15) is 0 Å². The molecule has 110 valence electrons. The number of guanidine groups is 1. The number of benzene rings is 1. The van der Waals surface area contributed by atoms with Gasteiger partial charge in [-0.25, -0.2) is 4.99 Å². The Kier molecular flexibility index (Phi) is 10.8. The molecule has 2 N–H and O–H groups in total. The molecular formula is C15H22IN3O. The van der Waals surface area contributed by atoms with Gasteiger partial charge in [0, 0.05) is 13.7 Å². The van der Waals surface area contributed by atoms with Crippen molar-refractivity contribution in [2.24, 2.45) is 4.99 Å². The van der Waals surface area contributed by atoms with E-state index in [1.807, 2.05) is 25.1 Å². The number of terminal acetylenes is 1. The fraction of sp³-hybridized carbons (Fsp3) is 0.400. The van der Waals surface area contributed by atoms with Crippen molar-refractivity contribution < 1.29 is 4.74 Å². The predicted molar refractivity (Wildman–Crippen MR) is 94.2 cm³/mol. The lowest BCUT2D eigenvalue weighted by Gasteiger charge is -2.09. The van der Waals surface area contributed by atoms with Gasteiger partial charge >= 0.3 is 0 Å². The molecule has 20 heavy (non-hydrogen) atoms. The van der Waals surface area contributed by atoms with Gasteiger partial charge in [0.1, 0.15) is 0 Å². The average Bonchev–Trinajstić information content (AvgIpc) is 2.43. The monoisotopic (exact) mass is 387 g/mol. The van der Waals surface area contributed by atoms with Gasteiger partial charge in [-0.2, -0.15) is 0 Å². The summed E-state index contributed by atoms with van der Waals surface area (Å²) in [5.41, 5.74) is 2.30. The van der Waals surface area contributed by atoms with Crippen LogP contribution < -0.4 is 10.6 Å². The van der Waals surface area contributed by atoms with Crippen LogP contribution in [0.25, 0.3) is 0 Å². The summed E-state index contributed by atoms with van der Waals surface area (Å²) in [6.07, 6.45) is 5.22. The highest BCUT2D eigenvalue weighted by Crippen LogP contribution is 2.07. The van der Waals surface area contributed by atoms with E-state index < -0.39 is 0 Å². The highest BCUT2D eigenvalue weighted by Gasteiger charge is 1.98. The lowest BCUT2D eigenvalue weighted by Crippen LogP contribution is -2.37. The van der Waals surface area contributed by atoms with E-state index in [-0.39, 0.29) is 24.0 Å². The van der Waals surface area contributed by atoms with Crippen LogP contribution in [0.3, 0.4) is 0 Å². The smallest absolute Gasteiger partial charge is 0.192 e. The Morgan fingerprint density at radius 1 is 1.35 bits per heavy atom. The fourth-order valence-electron chi connectivity index (χ4n) is 1.63. The number of rotatable bonds is 6. The zero-order valence-electron chi connectivity index (χ0n) is 12.0. The van der Waals surface area contributed by atoms with Crippen molar-refractivity contribution in [1.82, 2.24) is 10.6 Å². The summed E-state index contributed by atoms with van der Waals surface area (Å²) in [4.78, 5) is 4.48. The van der Waals surface area contributed by atoms with Crippen LogP contribution in [0.4, 0.5) is 0 Å². The number of nitrogens with one attached hydrogen (secondary N) is 2. The van der Waals surface area contributed by atoms with Crippen molar-refractivity contribution in [2.75, 3.05) is 20.2 Å². The molecule has 0 aliphatic rings. The largest absolute Gasteiger partial charge is 0.380 e. The Labute approximate surface area is 138 Å². The van der Waals surface area contributed by atoms with Gasteiger partial charge in [0.05, 0.1) is 19.7 Å². The maximum atomic E-state index is 5.22. The fourth-order valence-corrected chi connectivity index (χ4v) is 1.63. The summed E-state index contributed by atoms with van der Waals surface area (Å²) < 4.78 is 5.12. The SMILES string of the molecule is C#CCNC(=NCc1cccc(COC)c1)NCC.I. The van der Waals surface area contributed by atoms with Gasteiger partial charge in [-0.3, -0.25) is 0 Å². The van der Waals surface area contributed by atoms with E-state index in [1.54, 1.807) is 7.11 Å². The predicted octanol–water partition coefficient (Wildman–Crippen LogP) is 2.14. The third-order valence-corrected chi connectivity index (χ3v) is 2.42. The number of aliphatic imine (C=N–C) groups is 1. The molecule has 4 nitrogen and oxygen atoms in total. The van der Waals surface area contributed by atoms with Crippen molar-refractivity contribution in [1.29, 1.82) is 0 Å². The molecule has 0 atom stereocenters. The maximum Gasteiger partial charge on any atom is 0.192 e. The Hall–Kier alpha value is -1.26. The van der Waals surface area contributed by atoms with Gasteiger partial charge < -0.3 is 15.4 Å². The van der Waals surface area contributed by atoms with Gasteiger partial charge in [0.2, 0.25) is 0 Å². The van der Waals surface area contributed by atoms with Crippen LogP contribution in [-0.2, 0) is 17.9 Å². The second-order valence-electron chi connectivity index (χ2n) is 4.01. The molecule has 1 aromatic carbocycles. The zero-order valence-corrected chi connectivity index (χ0v) is 14.3. The molecule has 0 amide bonds. The summed E-state index contributed by atoms with van der Waals surface area (Å²) in [6, 6.07) is 8.20. The minimum Gasteiger partial charge on any atom is -0.380 e. The van der Waals surface area contributed by atoms with E-state index >= 15 is 0 Å². The van der Waals surface area contributed by atoms with Gasteiger partial charge in [-0.1, -0.05) is 30.2 Å². The first kappa shape index (κ1) is 18.7. The minimum absolute atomic E-state index is 0. The first-order valence-electron chi connectivity index (χ1n) is 6.32. The van der Waals surface area contributed by atoms with Crippen molar-refractivity contribution in [3.05, 3.63) is 35.4 Å². The molecule has 0 spiro atoms. The highest BCUT2D eigenvalue weighted by molar-refractivity contribution is 14.0. The van der Waals surface area contributed by atoms with Gasteiger partial charge in [-0.05, 0) is 18.1 Å². The molecular weight excluding hydrogens is 365 g/mol. The van der Waals surface area contributed by atoms with Crippen LogP contribution in [0.1, 0.15) is 18.1 Å². The molecule has 0 aliphatic carbocycles. The van der Waals surface area contributed by atoms with Crippen LogP contribution in [0.15, 0.2) is 29.3 Å². The molecule has 0 bridgehead atoms. The number of halogens is 1. The molecule has 1 rings (SSSR count). The van der Waals surface area contributed by atoms with Crippen LogP contribution in [0, 0.1) is 12.3 Å². The quantitative estimate of drug-likeness (QED) is 0.340. The molecule has 0 unspecified atom stereocenters. The lowest BCUT2D eigenvalue weighted by molar-refractivity contribution is 0.185. The molecule has 0 fully saturated rings. The minimum atomic E-state index is 0. The van der Waals surface area contributed by atoms with E-state index in [1.165, 1.54) is 0 Å². The van der Waals surface area contributed by atoms with Crippen molar-refractivity contribution in [3.8, 4) is 12.3 Å². The number of ether oxygens (including phenoxy) is 1. The average molecular weight is 387 g/mol. The zero-order chi connectivity index (χ0) is 13.9. The van der Waals surface area contributed by atoms with Gasteiger partial charge in [0.15, 0.2) is 5.96 Å². The van der Waals surface area contributed by atoms with Crippen LogP contribution in [-0.4, -0.2) is 26.2 Å². The van der Waals surface area contributed by atoms with Crippen molar-refractivity contribution in [3.63, 3.8) is 0 Å². The second kappa shape index (κ2) is 11.6. The normalized spacial score (nSPS) is 10.3. The molecule has 0 aromatic heterocycles. The van der Waals surface area contributed by atoms with Crippen molar-refractivity contribution >= 4 is 29.9 Å². The summed E-state index contributed by atoms with van der Waals surface area (Å²) >= 11 is 0. The molecule has 0 saturated heterocycles. The van der Waals surface area contributed by atoms with Gasteiger partial charge in [-0.15, -0.1) is 30.4 Å². The molecule has 0 radical (unpaired) electrons. The topological polar surface area (TPSA) is 45.7 Å². The van der Waals surface area contributed by atoms with E-state index in [0.717, 1.165) is 23.6 Å². The summed E-state index contributed by atoms with van der Waals surface area (Å²) in [6.45, 7) is 4.52. The Morgan fingerprint density at radius 3 is 2.75 bits per heavy atom. The third kappa shape index (κ3) is 7.36. The number of hydrogen-bond donors (Lipinski definition) is 2. The van der Waals surface area contributed by atoms with Crippen LogP contribution >= 0.6 is 24.0 Å². The molecule has 0 saturated carbocycles. The summed E-state index contributed by atoms with van der Waals surface area (Å²) in [7, 11) is 1.69. The molecule has 5 heteroatoms. The lowest BCUT2D eigenvalue weighted by atomic mass is 10.1. The first-order chi connectivity index (χ1) is 9.30. The Balaban J connectivity index is 0.00000361. The highest BCUT2D eigenvalue weighted by atomic mass is 127. The van der Waals surface area contributed by atoms with Crippen molar-refractivity contribution in [2.45, 2.75) is 20.1 Å². The third-order valence-electron chi connectivity index (χ3n) is 2.42. The van der Waals surface area contributed by atoms with E-state index in [2.05, 4.69) is 27.6 Å². The first-order valence-corrected chi connectivity index (χ1v) is 6.32. The number of hydrogen-bond acceptors (Lipinski definition) is 2. The standard InChI is InChI=1S/C15H21N3O.HI/c1-4-9-17-15(16-5-2)18-11-13-7-6-8-14(10-13)12-19-3;/h1,6-8,10H,5,9,11-12H2,2-3H3,(H2,16,17,18);1H. The van der Waals surface area contributed by atoms with E-state index in [4.69, 9.17) is 11.2 Å². The summed E-state index contributed by atoms with van der Waals surface area (Å²) in [5, 5.41) is 6.20. The second-order valence-corrected chi connectivity index (χ2v) is 4.01. The maximum absolute atomic E-state index is 5.22. The van der Waals surface area contributed by atoms with Crippen LogP contribution in [0.2, 0.25) is 0 Å². The Bertz CT molecular complexity index is 455. The van der Waals surface area contributed by atoms with Gasteiger partial charge in [0.25, 0.3) is 0 Å². The molecule has 1 aromatic rings. The number of nitrogens with zero attached hydrogens (tertiary/aromatic N) is 1. The van der Waals surface area contributed by atoms with E-state index in [0.29, 0.717) is 19.7 Å².